The zero-order valence-electron chi connectivity index (χ0n) is 19.5. The lowest BCUT2D eigenvalue weighted by Crippen LogP contribution is -2.49. The smallest absolute Gasteiger partial charge is 0.337 e. The highest BCUT2D eigenvalue weighted by Gasteiger charge is 2.25. The van der Waals surface area contributed by atoms with Gasteiger partial charge >= 0.3 is 5.97 Å². The van der Waals surface area contributed by atoms with Crippen LogP contribution in [-0.2, 0) is 4.74 Å². The van der Waals surface area contributed by atoms with Gasteiger partial charge in [0.15, 0.2) is 0 Å². The standard InChI is InChI=1S/C26H24N4O6/c1-36-26(33)20-10-11-23(22(17-20)27-24(31)19-8-5-9-21(16-19)30(34)35)28-12-14-29(15-13-28)25(32)18-6-3-2-4-7-18/h2-11,16-17H,12-15H2,1H3,(H,27,31). The summed E-state index contributed by atoms with van der Waals surface area (Å²) >= 11 is 0. The highest BCUT2D eigenvalue weighted by molar-refractivity contribution is 6.07. The topological polar surface area (TPSA) is 122 Å². The van der Waals surface area contributed by atoms with E-state index in [0.717, 1.165) is 0 Å². The van der Waals surface area contributed by atoms with Gasteiger partial charge in [0.2, 0.25) is 0 Å². The summed E-state index contributed by atoms with van der Waals surface area (Å²) in [4.78, 5) is 52.2. The van der Waals surface area contributed by atoms with Crippen molar-refractivity contribution in [2.24, 2.45) is 0 Å². The number of hydrogen-bond acceptors (Lipinski definition) is 7. The average molecular weight is 489 g/mol. The molecule has 184 valence electrons. The quantitative estimate of drug-likeness (QED) is 0.320. The molecule has 3 aromatic carbocycles. The number of carbonyl (C=O) groups is 3. The van der Waals surface area contributed by atoms with Gasteiger partial charge in [0, 0.05) is 49.4 Å². The summed E-state index contributed by atoms with van der Waals surface area (Å²) in [7, 11) is 1.26. The maximum absolute atomic E-state index is 13.0. The maximum atomic E-state index is 13.0. The molecule has 2 amide bonds. The van der Waals surface area contributed by atoms with Gasteiger partial charge in [0.1, 0.15) is 0 Å². The number of nitrogens with one attached hydrogen (secondary N) is 1. The molecule has 0 saturated carbocycles. The number of rotatable bonds is 6. The number of nitro benzene ring substituents is 1. The molecule has 0 unspecified atom stereocenters. The van der Waals surface area contributed by atoms with E-state index in [9.17, 15) is 24.5 Å². The number of nitro groups is 1. The highest BCUT2D eigenvalue weighted by atomic mass is 16.6. The average Bonchev–Trinajstić information content (AvgIpc) is 2.92. The van der Waals surface area contributed by atoms with Gasteiger partial charge in [0.05, 0.1) is 29.0 Å². The third-order valence-corrected chi connectivity index (χ3v) is 5.91. The number of carbonyl (C=O) groups excluding carboxylic acids is 3. The molecule has 0 aromatic heterocycles. The first-order chi connectivity index (χ1) is 17.4. The van der Waals surface area contributed by atoms with Crippen molar-refractivity contribution >= 4 is 34.8 Å². The van der Waals surface area contributed by atoms with Crippen LogP contribution in [0.4, 0.5) is 17.1 Å². The fourth-order valence-electron chi connectivity index (χ4n) is 4.03. The SMILES string of the molecule is COC(=O)c1ccc(N2CCN(C(=O)c3ccccc3)CC2)c(NC(=O)c2cccc([N+](=O)[O-])c2)c1. The number of nitrogens with zero attached hydrogens (tertiary/aromatic N) is 3. The van der Waals surface area contributed by atoms with Crippen LogP contribution in [0, 0.1) is 10.1 Å². The van der Waals surface area contributed by atoms with Crippen LogP contribution < -0.4 is 10.2 Å². The molecule has 0 aliphatic carbocycles. The van der Waals surface area contributed by atoms with E-state index in [1.54, 1.807) is 29.2 Å². The number of amides is 2. The van der Waals surface area contributed by atoms with Crippen LogP contribution in [0.5, 0.6) is 0 Å². The Morgan fingerprint density at radius 2 is 1.56 bits per heavy atom. The number of non-ortho nitro benzene ring substituents is 1. The minimum Gasteiger partial charge on any atom is -0.465 e. The van der Waals surface area contributed by atoms with Crippen molar-refractivity contribution < 1.29 is 24.0 Å². The van der Waals surface area contributed by atoms with Crippen LogP contribution in [0.3, 0.4) is 0 Å². The van der Waals surface area contributed by atoms with Crippen molar-refractivity contribution in [3.05, 3.63) is 99.6 Å². The van der Waals surface area contributed by atoms with Crippen LogP contribution in [0.15, 0.2) is 72.8 Å². The Hall–Kier alpha value is -4.73. The van der Waals surface area contributed by atoms with E-state index >= 15 is 0 Å². The lowest BCUT2D eigenvalue weighted by atomic mass is 10.1. The van der Waals surface area contributed by atoms with E-state index in [4.69, 9.17) is 4.74 Å². The summed E-state index contributed by atoms with van der Waals surface area (Å²) in [6, 6.07) is 19.3. The van der Waals surface area contributed by atoms with Crippen molar-refractivity contribution in [2.45, 2.75) is 0 Å². The molecule has 3 aromatic rings. The van der Waals surface area contributed by atoms with Crippen LogP contribution >= 0.6 is 0 Å². The predicted octanol–water partition coefficient (Wildman–Crippen LogP) is 3.60. The minimum absolute atomic E-state index is 0.0458. The monoisotopic (exact) mass is 488 g/mol. The fraction of sp³-hybridized carbons (Fsp3) is 0.192. The number of hydrogen-bond donors (Lipinski definition) is 1. The molecule has 0 spiro atoms. The number of anilines is 2. The van der Waals surface area contributed by atoms with E-state index in [1.165, 1.54) is 37.4 Å². The summed E-state index contributed by atoms with van der Waals surface area (Å²) in [6.45, 7) is 1.97. The second kappa shape index (κ2) is 10.7. The van der Waals surface area contributed by atoms with Crippen molar-refractivity contribution in [1.82, 2.24) is 4.90 Å². The van der Waals surface area contributed by atoms with Crippen LogP contribution in [0.2, 0.25) is 0 Å². The molecule has 0 radical (unpaired) electrons. The number of piperazine rings is 1. The summed E-state index contributed by atoms with van der Waals surface area (Å²) < 4.78 is 4.81. The molecule has 1 saturated heterocycles. The first-order valence-electron chi connectivity index (χ1n) is 11.2. The molecular weight excluding hydrogens is 464 g/mol. The molecule has 4 rings (SSSR count). The Morgan fingerprint density at radius 3 is 2.22 bits per heavy atom. The van der Waals surface area contributed by atoms with Gasteiger partial charge in [-0.15, -0.1) is 0 Å². The van der Waals surface area contributed by atoms with Crippen molar-refractivity contribution in [3.63, 3.8) is 0 Å². The first-order valence-corrected chi connectivity index (χ1v) is 11.2. The largest absolute Gasteiger partial charge is 0.465 e. The Labute approximate surface area is 207 Å². The number of methoxy groups -OCH3 is 1. The lowest BCUT2D eigenvalue weighted by molar-refractivity contribution is -0.384. The second-order valence-electron chi connectivity index (χ2n) is 8.13. The lowest BCUT2D eigenvalue weighted by Gasteiger charge is -2.37. The molecule has 1 heterocycles. The van der Waals surface area contributed by atoms with Gasteiger partial charge in [-0.1, -0.05) is 24.3 Å². The van der Waals surface area contributed by atoms with E-state index in [1.807, 2.05) is 23.1 Å². The molecule has 1 aliphatic rings. The first kappa shape index (κ1) is 24.4. The number of esters is 1. The minimum atomic E-state index is -0.573. The highest BCUT2D eigenvalue weighted by Crippen LogP contribution is 2.30. The predicted molar refractivity (Wildman–Crippen MR) is 133 cm³/mol. The summed E-state index contributed by atoms with van der Waals surface area (Å²) in [5.41, 5.74) is 1.79. The molecule has 1 N–H and O–H groups in total. The molecular formula is C26H24N4O6. The second-order valence-corrected chi connectivity index (χ2v) is 8.13. The normalized spacial score (nSPS) is 13.1. The zero-order valence-corrected chi connectivity index (χ0v) is 19.5. The van der Waals surface area contributed by atoms with Gasteiger partial charge in [0.25, 0.3) is 17.5 Å². The van der Waals surface area contributed by atoms with Crippen molar-refractivity contribution in [2.75, 3.05) is 43.5 Å². The van der Waals surface area contributed by atoms with Gasteiger partial charge in [-0.25, -0.2) is 4.79 Å². The number of ether oxygens (including phenoxy) is 1. The molecule has 1 fully saturated rings. The van der Waals surface area contributed by atoms with Crippen molar-refractivity contribution in [1.29, 1.82) is 0 Å². The Morgan fingerprint density at radius 1 is 0.861 bits per heavy atom. The molecule has 10 nitrogen and oxygen atoms in total. The van der Waals surface area contributed by atoms with Crippen molar-refractivity contribution in [3.8, 4) is 0 Å². The maximum Gasteiger partial charge on any atom is 0.337 e. The molecule has 1 aliphatic heterocycles. The van der Waals surface area contributed by atoms with Crippen LogP contribution in [-0.4, -0.2) is 60.9 Å². The number of benzene rings is 3. The summed E-state index contributed by atoms with van der Waals surface area (Å²) in [5, 5.41) is 13.9. The van der Waals surface area contributed by atoms with Crippen LogP contribution in [0.25, 0.3) is 0 Å². The summed E-state index contributed by atoms with van der Waals surface area (Å²) in [5.74, 6) is -1.17. The van der Waals surface area contributed by atoms with Crippen LogP contribution in [0.1, 0.15) is 31.1 Å². The van der Waals surface area contributed by atoms with E-state index in [0.29, 0.717) is 43.1 Å². The van der Waals surface area contributed by atoms with E-state index in [2.05, 4.69) is 5.32 Å². The Balaban J connectivity index is 1.56. The zero-order chi connectivity index (χ0) is 25.7. The van der Waals surface area contributed by atoms with E-state index < -0.39 is 16.8 Å². The van der Waals surface area contributed by atoms with Gasteiger partial charge < -0.3 is 19.9 Å². The van der Waals surface area contributed by atoms with E-state index in [-0.39, 0.29) is 22.7 Å². The third kappa shape index (κ3) is 5.33. The van der Waals surface area contributed by atoms with Gasteiger partial charge in [-0.05, 0) is 36.4 Å². The Kier molecular flexibility index (Phi) is 7.24. The third-order valence-electron chi connectivity index (χ3n) is 5.91. The fourth-order valence-corrected chi connectivity index (χ4v) is 4.03. The van der Waals surface area contributed by atoms with Gasteiger partial charge in [-0.3, -0.25) is 19.7 Å². The van der Waals surface area contributed by atoms with Gasteiger partial charge in [-0.2, -0.15) is 0 Å². The molecule has 10 heteroatoms. The summed E-state index contributed by atoms with van der Waals surface area (Å²) in [6.07, 6.45) is 0. The molecule has 0 atom stereocenters. The molecule has 36 heavy (non-hydrogen) atoms. The Bertz CT molecular complexity index is 1300. The molecule has 0 bridgehead atoms.